The van der Waals surface area contributed by atoms with Crippen LogP contribution < -0.4 is 4.74 Å². The molecule has 1 aromatic rings. The van der Waals surface area contributed by atoms with Gasteiger partial charge >= 0.3 is 0 Å². The fourth-order valence-electron chi connectivity index (χ4n) is 1.49. The van der Waals surface area contributed by atoms with Gasteiger partial charge in [0.05, 0.1) is 11.6 Å². The van der Waals surface area contributed by atoms with E-state index < -0.39 is 0 Å². The van der Waals surface area contributed by atoms with Gasteiger partial charge < -0.3 is 4.74 Å². The van der Waals surface area contributed by atoms with Crippen LogP contribution in [0.25, 0.3) is 0 Å². The summed E-state index contributed by atoms with van der Waals surface area (Å²) >= 11 is 12.4. The standard InChI is InChI=1S/C11H14Br2O.C7Br2O/c1-11(2,3)8-5-7(12)6-9(13)10(8)14-4;8-6-4-2-1-3-5-7(9)10/h5-6H,1-4H3;. The van der Waals surface area contributed by atoms with Crippen molar-refractivity contribution in [1.82, 2.24) is 0 Å². The summed E-state index contributed by atoms with van der Waals surface area (Å²) in [5.41, 5.74) is 1.28. The number of halogens is 4. The van der Waals surface area contributed by atoms with Gasteiger partial charge in [0.1, 0.15) is 5.75 Å². The Morgan fingerprint density at radius 2 is 1.67 bits per heavy atom. The summed E-state index contributed by atoms with van der Waals surface area (Å²) in [7, 11) is 1.70. The van der Waals surface area contributed by atoms with Gasteiger partial charge in [0.2, 0.25) is 0 Å². The van der Waals surface area contributed by atoms with E-state index in [4.69, 9.17) is 4.74 Å². The maximum Gasteiger partial charge on any atom is 0.271 e. The number of benzene rings is 1. The van der Waals surface area contributed by atoms with E-state index in [1.165, 1.54) is 5.56 Å². The molecule has 24 heavy (non-hydrogen) atoms. The lowest BCUT2D eigenvalue weighted by atomic mass is 9.86. The van der Waals surface area contributed by atoms with Crippen molar-refractivity contribution in [3.63, 3.8) is 0 Å². The highest BCUT2D eigenvalue weighted by atomic mass is 79.9. The molecule has 1 aromatic carbocycles. The Balaban J connectivity index is 0.000000470. The van der Waals surface area contributed by atoms with Crippen molar-refractivity contribution in [1.29, 1.82) is 0 Å². The number of methoxy groups -OCH3 is 1. The molecule has 0 saturated heterocycles. The molecule has 0 heterocycles. The van der Waals surface area contributed by atoms with Gasteiger partial charge in [-0.25, -0.2) is 0 Å². The summed E-state index contributed by atoms with van der Waals surface area (Å²) in [4.78, 5) is 12.5. The maximum atomic E-state index is 10.1. The Labute approximate surface area is 177 Å². The Morgan fingerprint density at radius 1 is 1.08 bits per heavy atom. The Morgan fingerprint density at radius 3 is 2.12 bits per heavy atom. The fourth-order valence-corrected chi connectivity index (χ4v) is 3.08. The largest absolute Gasteiger partial charge is 0.495 e. The zero-order valence-electron chi connectivity index (χ0n) is 13.5. The second-order valence-electron chi connectivity index (χ2n) is 5.21. The molecular weight excluding hydrogens is 568 g/mol. The molecule has 0 aliphatic carbocycles. The first-order valence-corrected chi connectivity index (χ1v) is 9.65. The third-order valence-corrected chi connectivity index (χ3v) is 3.86. The van der Waals surface area contributed by atoms with Crippen LogP contribution in [0.4, 0.5) is 0 Å². The lowest BCUT2D eigenvalue weighted by molar-refractivity contribution is -0.105. The van der Waals surface area contributed by atoms with Crippen molar-refractivity contribution in [3.05, 3.63) is 26.6 Å². The van der Waals surface area contributed by atoms with Crippen LogP contribution in [0.1, 0.15) is 26.3 Å². The second-order valence-corrected chi connectivity index (χ2v) is 8.10. The van der Waals surface area contributed by atoms with Crippen LogP contribution in [0.2, 0.25) is 0 Å². The number of hydrogen-bond donors (Lipinski definition) is 0. The van der Waals surface area contributed by atoms with Crippen LogP contribution in [0.3, 0.4) is 0 Å². The Hall–Kier alpha value is -0.710. The molecule has 0 radical (unpaired) electrons. The second kappa shape index (κ2) is 11.8. The van der Waals surface area contributed by atoms with Gasteiger partial charge in [-0.3, -0.25) is 4.79 Å². The van der Waals surface area contributed by atoms with Gasteiger partial charge in [-0.05, 0) is 67.9 Å². The van der Waals surface area contributed by atoms with E-state index in [1.54, 1.807) is 7.11 Å². The lowest BCUT2D eigenvalue weighted by Gasteiger charge is -2.23. The number of rotatable bonds is 1. The summed E-state index contributed by atoms with van der Waals surface area (Å²) in [6.07, 6.45) is 0. The van der Waals surface area contributed by atoms with Crippen molar-refractivity contribution in [2.75, 3.05) is 7.11 Å². The molecular formula is C18H14Br4O2. The maximum absolute atomic E-state index is 10.1. The van der Waals surface area contributed by atoms with E-state index in [9.17, 15) is 4.79 Å². The molecule has 0 amide bonds. The smallest absolute Gasteiger partial charge is 0.271 e. The van der Waals surface area contributed by atoms with E-state index in [0.29, 0.717) is 0 Å². The predicted octanol–water partition coefficient (Wildman–Crippen LogP) is 5.79. The van der Waals surface area contributed by atoms with Crippen molar-refractivity contribution in [2.24, 2.45) is 0 Å². The zero-order chi connectivity index (χ0) is 18.8. The molecule has 0 spiro atoms. The van der Waals surface area contributed by atoms with E-state index in [1.807, 2.05) is 6.07 Å². The normalized spacial score (nSPS) is 8.83. The quantitative estimate of drug-likeness (QED) is 0.310. The summed E-state index contributed by atoms with van der Waals surface area (Å²) in [6.45, 7) is 6.51. The molecule has 1 rings (SSSR count). The molecule has 0 aliphatic heterocycles. The van der Waals surface area contributed by atoms with E-state index in [2.05, 4.69) is 125 Å². The van der Waals surface area contributed by atoms with E-state index >= 15 is 0 Å². The Kier molecular flexibility index (Phi) is 11.4. The van der Waals surface area contributed by atoms with Crippen LogP contribution in [0.15, 0.2) is 21.1 Å². The molecule has 0 aliphatic rings. The van der Waals surface area contributed by atoms with Crippen LogP contribution in [-0.4, -0.2) is 11.8 Å². The molecule has 0 saturated carbocycles. The van der Waals surface area contributed by atoms with Crippen LogP contribution >= 0.6 is 63.7 Å². The van der Waals surface area contributed by atoms with Crippen molar-refractivity contribution >= 4 is 68.4 Å². The summed E-state index contributed by atoms with van der Waals surface area (Å²) in [6, 6.07) is 4.09. The summed E-state index contributed by atoms with van der Waals surface area (Å²) in [5, 5.41) is 0. The van der Waals surface area contributed by atoms with Gasteiger partial charge in [-0.2, -0.15) is 0 Å². The summed E-state index contributed by atoms with van der Waals surface area (Å²) < 4.78 is 7.06. The predicted molar refractivity (Wildman–Crippen MR) is 113 cm³/mol. The average molecular weight is 582 g/mol. The minimum Gasteiger partial charge on any atom is -0.495 e. The van der Waals surface area contributed by atoms with Crippen molar-refractivity contribution in [3.8, 4) is 40.2 Å². The minimum absolute atomic E-state index is 0.0810. The third kappa shape index (κ3) is 9.55. The highest BCUT2D eigenvalue weighted by molar-refractivity contribution is 9.18. The first-order valence-electron chi connectivity index (χ1n) is 6.48. The minimum atomic E-state index is -0.381. The molecule has 0 unspecified atom stereocenters. The van der Waals surface area contributed by atoms with Gasteiger partial charge in [0.25, 0.3) is 4.69 Å². The molecule has 0 N–H and O–H groups in total. The molecule has 0 atom stereocenters. The van der Waals surface area contributed by atoms with Gasteiger partial charge in [0, 0.05) is 41.9 Å². The fraction of sp³-hybridized carbons (Fsp3) is 0.278. The number of hydrogen-bond acceptors (Lipinski definition) is 2. The highest BCUT2D eigenvalue weighted by Crippen LogP contribution is 2.39. The third-order valence-electron chi connectivity index (χ3n) is 2.42. The number of ether oxygens (including phenoxy) is 1. The SMILES string of the molecule is COc1c(Br)cc(Br)cc1C(C)(C)C.O=C(Br)C#CC#CC#CBr. The first-order chi connectivity index (χ1) is 11.1. The van der Waals surface area contributed by atoms with Crippen molar-refractivity contribution < 1.29 is 9.53 Å². The van der Waals surface area contributed by atoms with Crippen LogP contribution in [0, 0.1) is 34.4 Å². The average Bonchev–Trinajstić information content (AvgIpc) is 2.46. The summed E-state index contributed by atoms with van der Waals surface area (Å²) in [5.74, 6) is 12.5. The molecule has 126 valence electrons. The zero-order valence-corrected chi connectivity index (χ0v) is 19.8. The van der Waals surface area contributed by atoms with Crippen LogP contribution in [0.5, 0.6) is 5.75 Å². The van der Waals surface area contributed by atoms with E-state index in [-0.39, 0.29) is 10.1 Å². The van der Waals surface area contributed by atoms with Gasteiger partial charge in [0.15, 0.2) is 0 Å². The number of carbonyl (C=O) groups is 1. The molecule has 0 bridgehead atoms. The van der Waals surface area contributed by atoms with E-state index in [0.717, 1.165) is 14.7 Å². The van der Waals surface area contributed by atoms with Gasteiger partial charge in [-0.15, -0.1) is 0 Å². The van der Waals surface area contributed by atoms with Crippen molar-refractivity contribution in [2.45, 2.75) is 26.2 Å². The monoisotopic (exact) mass is 578 g/mol. The molecule has 0 fully saturated rings. The molecule has 2 nitrogen and oxygen atoms in total. The number of carbonyl (C=O) groups excluding carboxylic acids is 1. The molecule has 0 aromatic heterocycles. The topological polar surface area (TPSA) is 26.3 Å². The molecule has 6 heteroatoms. The Bertz CT molecular complexity index is 773. The van der Waals surface area contributed by atoms with Crippen LogP contribution in [-0.2, 0) is 10.2 Å². The van der Waals surface area contributed by atoms with Gasteiger partial charge in [-0.1, -0.05) is 36.7 Å². The highest BCUT2D eigenvalue weighted by Gasteiger charge is 2.21. The first kappa shape index (κ1) is 23.3. The lowest BCUT2D eigenvalue weighted by Crippen LogP contribution is -2.13.